The molecule has 0 amide bonds. The van der Waals surface area contributed by atoms with Crippen LogP contribution in [0.1, 0.15) is 35.7 Å². The first-order valence-electron chi connectivity index (χ1n) is 6.14. The molecule has 0 aliphatic heterocycles. The highest BCUT2D eigenvalue weighted by Gasteiger charge is 2.27. The van der Waals surface area contributed by atoms with E-state index in [1.807, 2.05) is 0 Å². The van der Waals surface area contributed by atoms with E-state index >= 15 is 0 Å². The number of benzene rings is 1. The Labute approximate surface area is 118 Å². The predicted molar refractivity (Wildman–Crippen MR) is 72.0 cm³/mol. The van der Waals surface area contributed by atoms with Crippen LogP contribution in [0.2, 0.25) is 0 Å². The second-order valence-corrected chi connectivity index (χ2v) is 4.59. The summed E-state index contributed by atoms with van der Waals surface area (Å²) in [5, 5.41) is 9.36. The first-order valence-corrected chi connectivity index (χ1v) is 6.14. The first-order chi connectivity index (χ1) is 9.46. The molecule has 5 heteroatoms. The lowest BCUT2D eigenvalue weighted by Gasteiger charge is -2.21. The summed E-state index contributed by atoms with van der Waals surface area (Å²) in [6.45, 7) is 1.75. The van der Waals surface area contributed by atoms with Crippen molar-refractivity contribution in [1.29, 1.82) is 5.26 Å². The topological polar surface area (TPSA) is 76.4 Å². The molecular weight excluding hydrogens is 258 g/mol. The molecule has 1 aromatic rings. The van der Waals surface area contributed by atoms with Gasteiger partial charge in [0.25, 0.3) is 0 Å². The van der Waals surface area contributed by atoms with Crippen molar-refractivity contribution in [1.82, 2.24) is 0 Å². The molecule has 0 saturated carbocycles. The van der Waals surface area contributed by atoms with Gasteiger partial charge in [-0.05, 0) is 31.0 Å². The number of nitriles is 1. The summed E-state index contributed by atoms with van der Waals surface area (Å²) in [5.41, 5.74) is 0.365. The second kappa shape index (κ2) is 6.71. The van der Waals surface area contributed by atoms with Crippen LogP contribution in [-0.4, -0.2) is 26.2 Å². The number of hydrogen-bond acceptors (Lipinski definition) is 5. The third-order valence-corrected chi connectivity index (χ3v) is 3.25. The van der Waals surface area contributed by atoms with Crippen LogP contribution in [0.4, 0.5) is 0 Å². The fourth-order valence-electron chi connectivity index (χ4n) is 1.81. The third kappa shape index (κ3) is 3.58. The summed E-state index contributed by atoms with van der Waals surface area (Å²) in [6.07, 6.45) is 0.521. The molecule has 0 spiro atoms. The first kappa shape index (κ1) is 15.7. The van der Waals surface area contributed by atoms with Gasteiger partial charge in [0.1, 0.15) is 0 Å². The van der Waals surface area contributed by atoms with E-state index < -0.39 is 11.4 Å². The quantitative estimate of drug-likeness (QED) is 0.770. The molecular formula is C15H17NO4. The van der Waals surface area contributed by atoms with Crippen LogP contribution in [0.3, 0.4) is 0 Å². The Bertz CT molecular complexity index is 530. The molecule has 0 aromatic heterocycles. The highest BCUT2D eigenvalue weighted by molar-refractivity contribution is 5.89. The minimum absolute atomic E-state index is 0.166. The number of esters is 2. The Morgan fingerprint density at radius 1 is 1.20 bits per heavy atom. The molecule has 1 unspecified atom stereocenters. The lowest BCUT2D eigenvalue weighted by atomic mass is 9.79. The van der Waals surface area contributed by atoms with Gasteiger partial charge in [-0.3, -0.25) is 4.79 Å². The number of methoxy groups -OCH3 is 2. The molecule has 5 nitrogen and oxygen atoms in total. The Morgan fingerprint density at radius 2 is 1.80 bits per heavy atom. The fourth-order valence-corrected chi connectivity index (χ4v) is 1.81. The molecule has 0 radical (unpaired) electrons. The summed E-state index contributed by atoms with van der Waals surface area (Å²) in [5.74, 6) is -0.776. The number of carbonyl (C=O) groups is 2. The zero-order chi connectivity index (χ0) is 15.2. The molecule has 20 heavy (non-hydrogen) atoms. The standard InChI is InChI=1S/C15H17NO4/c1-15(10-16,9-8-13(17)19-2)12-6-4-11(5-7-12)14(18)20-3/h4-7H,8-9H2,1-3H3. The van der Waals surface area contributed by atoms with E-state index in [9.17, 15) is 14.9 Å². The summed E-state index contributed by atoms with van der Waals surface area (Å²) in [6, 6.07) is 8.83. The summed E-state index contributed by atoms with van der Waals surface area (Å²) in [4.78, 5) is 22.5. The van der Waals surface area contributed by atoms with Crippen molar-refractivity contribution in [3.8, 4) is 6.07 Å². The van der Waals surface area contributed by atoms with Crippen molar-refractivity contribution in [3.05, 3.63) is 35.4 Å². The maximum atomic E-state index is 11.3. The maximum Gasteiger partial charge on any atom is 0.337 e. The maximum absolute atomic E-state index is 11.3. The van der Waals surface area contributed by atoms with Crippen LogP contribution in [0.5, 0.6) is 0 Å². The molecule has 0 aliphatic rings. The SMILES string of the molecule is COC(=O)CCC(C)(C#N)c1ccc(C(=O)OC)cc1. The van der Waals surface area contributed by atoms with Crippen molar-refractivity contribution >= 4 is 11.9 Å². The molecule has 1 atom stereocenters. The van der Waals surface area contributed by atoms with Crippen molar-refractivity contribution in [2.75, 3.05) is 14.2 Å². The lowest BCUT2D eigenvalue weighted by molar-refractivity contribution is -0.140. The van der Waals surface area contributed by atoms with Crippen LogP contribution in [0, 0.1) is 11.3 Å². The minimum atomic E-state index is -0.803. The zero-order valence-corrected chi connectivity index (χ0v) is 11.8. The largest absolute Gasteiger partial charge is 0.469 e. The smallest absolute Gasteiger partial charge is 0.337 e. The van der Waals surface area contributed by atoms with Gasteiger partial charge in [0.2, 0.25) is 0 Å². The fraction of sp³-hybridized carbons (Fsp3) is 0.400. The van der Waals surface area contributed by atoms with Crippen LogP contribution in [0.15, 0.2) is 24.3 Å². The van der Waals surface area contributed by atoms with Crippen LogP contribution >= 0.6 is 0 Å². The van der Waals surface area contributed by atoms with Gasteiger partial charge in [0.05, 0.1) is 31.3 Å². The van der Waals surface area contributed by atoms with E-state index in [1.54, 1.807) is 31.2 Å². The average Bonchev–Trinajstić information content (AvgIpc) is 2.51. The van der Waals surface area contributed by atoms with E-state index in [0.29, 0.717) is 12.0 Å². The zero-order valence-electron chi connectivity index (χ0n) is 11.8. The molecule has 0 saturated heterocycles. The van der Waals surface area contributed by atoms with Crippen LogP contribution in [-0.2, 0) is 19.7 Å². The number of hydrogen-bond donors (Lipinski definition) is 0. The van der Waals surface area contributed by atoms with E-state index in [4.69, 9.17) is 0 Å². The molecule has 106 valence electrons. The van der Waals surface area contributed by atoms with Gasteiger partial charge in [0.15, 0.2) is 0 Å². The number of carbonyl (C=O) groups excluding carboxylic acids is 2. The number of nitrogens with zero attached hydrogens (tertiary/aromatic N) is 1. The molecule has 1 rings (SSSR count). The van der Waals surface area contributed by atoms with E-state index in [-0.39, 0.29) is 12.4 Å². The van der Waals surface area contributed by atoms with E-state index in [1.165, 1.54) is 14.2 Å². The monoisotopic (exact) mass is 275 g/mol. The van der Waals surface area contributed by atoms with Gasteiger partial charge in [0, 0.05) is 6.42 Å². The Balaban J connectivity index is 2.92. The highest BCUT2D eigenvalue weighted by Crippen LogP contribution is 2.28. The predicted octanol–water partition coefficient (Wildman–Crippen LogP) is 2.21. The van der Waals surface area contributed by atoms with E-state index in [2.05, 4.69) is 15.5 Å². The van der Waals surface area contributed by atoms with Crippen LogP contribution in [0.25, 0.3) is 0 Å². The van der Waals surface area contributed by atoms with Crippen molar-refractivity contribution in [3.63, 3.8) is 0 Å². The van der Waals surface area contributed by atoms with Crippen molar-refractivity contribution in [2.24, 2.45) is 0 Å². The summed E-state index contributed by atoms with van der Waals surface area (Å²) < 4.78 is 9.20. The van der Waals surface area contributed by atoms with Gasteiger partial charge >= 0.3 is 11.9 Å². The van der Waals surface area contributed by atoms with Crippen LogP contribution < -0.4 is 0 Å². The summed E-state index contributed by atoms with van der Waals surface area (Å²) >= 11 is 0. The summed E-state index contributed by atoms with van der Waals surface area (Å²) in [7, 11) is 2.63. The third-order valence-electron chi connectivity index (χ3n) is 3.25. The van der Waals surface area contributed by atoms with Gasteiger partial charge in [-0.1, -0.05) is 12.1 Å². The average molecular weight is 275 g/mol. The molecule has 0 heterocycles. The molecule has 0 aliphatic carbocycles. The minimum Gasteiger partial charge on any atom is -0.469 e. The molecule has 1 aromatic carbocycles. The second-order valence-electron chi connectivity index (χ2n) is 4.59. The number of rotatable bonds is 5. The van der Waals surface area contributed by atoms with E-state index in [0.717, 1.165) is 5.56 Å². The Kier molecular flexibility index (Phi) is 5.27. The van der Waals surface area contributed by atoms with Gasteiger partial charge in [-0.25, -0.2) is 4.79 Å². The normalized spacial score (nSPS) is 12.9. The van der Waals surface area contributed by atoms with Gasteiger partial charge in [-0.2, -0.15) is 5.26 Å². The molecule has 0 N–H and O–H groups in total. The Morgan fingerprint density at radius 3 is 2.25 bits per heavy atom. The molecule has 0 bridgehead atoms. The number of ether oxygens (including phenoxy) is 2. The van der Waals surface area contributed by atoms with Gasteiger partial charge in [-0.15, -0.1) is 0 Å². The van der Waals surface area contributed by atoms with Gasteiger partial charge < -0.3 is 9.47 Å². The highest BCUT2D eigenvalue weighted by atomic mass is 16.5. The Hall–Kier alpha value is -2.35. The molecule has 0 fully saturated rings. The lowest BCUT2D eigenvalue weighted by Crippen LogP contribution is -2.21. The van der Waals surface area contributed by atoms with Crippen molar-refractivity contribution in [2.45, 2.75) is 25.2 Å². The van der Waals surface area contributed by atoms with Crippen molar-refractivity contribution < 1.29 is 19.1 Å².